The molecule has 0 aliphatic carbocycles. The van der Waals surface area contributed by atoms with Crippen molar-refractivity contribution in [1.82, 2.24) is 9.55 Å². The second-order valence-electron chi connectivity index (χ2n) is 6.17. The number of thiophene rings is 1. The summed E-state index contributed by atoms with van der Waals surface area (Å²) >= 11 is 4.40. The molecule has 0 aliphatic rings. The van der Waals surface area contributed by atoms with Gasteiger partial charge in [0.15, 0.2) is 5.16 Å². The van der Waals surface area contributed by atoms with E-state index in [1.165, 1.54) is 27.7 Å². The largest absolute Gasteiger partial charge is 0.324 e. The van der Waals surface area contributed by atoms with Crippen molar-refractivity contribution in [2.75, 3.05) is 11.6 Å². The van der Waals surface area contributed by atoms with Gasteiger partial charge in [-0.1, -0.05) is 23.9 Å². The first-order valence-corrected chi connectivity index (χ1v) is 11.3. The molecule has 27 heavy (non-hydrogen) atoms. The van der Waals surface area contributed by atoms with Crippen molar-refractivity contribution in [3.05, 3.63) is 45.1 Å². The highest BCUT2D eigenvalue weighted by Gasteiger charge is 2.20. The van der Waals surface area contributed by atoms with Crippen LogP contribution in [0.15, 0.2) is 39.1 Å². The summed E-state index contributed by atoms with van der Waals surface area (Å²) in [6.45, 7) is 5.76. The number of thioether (sulfide) groups is 2. The first kappa shape index (κ1) is 20.0. The van der Waals surface area contributed by atoms with Crippen LogP contribution in [-0.2, 0) is 11.8 Å². The van der Waals surface area contributed by atoms with Crippen LogP contribution in [0.4, 0.5) is 5.69 Å². The molecular weight excluding hydrogens is 398 g/mol. The number of nitrogens with one attached hydrogen (secondary N) is 1. The third-order valence-corrected chi connectivity index (χ3v) is 7.43. The molecule has 0 saturated heterocycles. The Bertz CT molecular complexity index is 1070. The summed E-state index contributed by atoms with van der Waals surface area (Å²) in [6, 6.07) is 7.70. The fraction of sp³-hybridized carbons (Fsp3) is 0.316. The smallest absolute Gasteiger partial charge is 0.262 e. The SMILES string of the molecule is CSc1ccccc1NC(=O)C(C)Sc1nc2sc(C)c(C)c2c(=O)n1C. The quantitative estimate of drug-likeness (QED) is 0.489. The average molecular weight is 420 g/mol. The molecular formula is C19H21N3O2S3. The molecule has 0 radical (unpaired) electrons. The fourth-order valence-electron chi connectivity index (χ4n) is 2.66. The van der Waals surface area contributed by atoms with Gasteiger partial charge in [-0.15, -0.1) is 23.1 Å². The second-order valence-corrected chi connectivity index (χ2v) is 9.53. The number of aromatic nitrogens is 2. The molecule has 1 aromatic carbocycles. The number of carbonyl (C=O) groups is 1. The van der Waals surface area contributed by atoms with E-state index in [1.54, 1.807) is 18.8 Å². The molecule has 1 unspecified atom stereocenters. The minimum absolute atomic E-state index is 0.0651. The van der Waals surface area contributed by atoms with Crippen LogP contribution in [0, 0.1) is 13.8 Å². The summed E-state index contributed by atoms with van der Waals surface area (Å²) in [5.41, 5.74) is 1.72. The number of carbonyl (C=O) groups excluding carboxylic acids is 1. The Morgan fingerprint density at radius 2 is 2.00 bits per heavy atom. The summed E-state index contributed by atoms with van der Waals surface area (Å²) in [5.74, 6) is -0.116. The number of hydrogen-bond donors (Lipinski definition) is 1. The van der Waals surface area contributed by atoms with Gasteiger partial charge in [-0.25, -0.2) is 4.98 Å². The Morgan fingerprint density at radius 1 is 1.30 bits per heavy atom. The molecule has 2 heterocycles. The van der Waals surface area contributed by atoms with Gasteiger partial charge in [-0.05, 0) is 44.7 Å². The summed E-state index contributed by atoms with van der Waals surface area (Å²) in [5, 5.41) is 3.81. The van der Waals surface area contributed by atoms with E-state index in [2.05, 4.69) is 10.3 Å². The molecule has 1 N–H and O–H groups in total. The minimum atomic E-state index is -0.391. The van der Waals surface area contributed by atoms with E-state index in [0.29, 0.717) is 10.5 Å². The summed E-state index contributed by atoms with van der Waals surface area (Å²) in [7, 11) is 1.71. The van der Waals surface area contributed by atoms with E-state index in [1.807, 2.05) is 51.3 Å². The van der Waals surface area contributed by atoms with Gasteiger partial charge >= 0.3 is 0 Å². The highest BCUT2D eigenvalue weighted by molar-refractivity contribution is 8.00. The Labute approximate surface area is 170 Å². The first-order chi connectivity index (χ1) is 12.8. The van der Waals surface area contributed by atoms with E-state index in [4.69, 9.17) is 0 Å². The molecule has 0 spiro atoms. The molecule has 0 saturated carbocycles. The normalized spacial score (nSPS) is 12.3. The van der Waals surface area contributed by atoms with Gasteiger partial charge in [-0.3, -0.25) is 14.2 Å². The zero-order valence-electron chi connectivity index (χ0n) is 15.8. The first-order valence-electron chi connectivity index (χ1n) is 8.40. The van der Waals surface area contributed by atoms with Crippen molar-refractivity contribution in [1.29, 1.82) is 0 Å². The lowest BCUT2D eigenvalue weighted by Gasteiger charge is -2.15. The number of aryl methyl sites for hydroxylation is 2. The van der Waals surface area contributed by atoms with Crippen LogP contribution in [0.1, 0.15) is 17.4 Å². The van der Waals surface area contributed by atoms with E-state index in [-0.39, 0.29) is 11.5 Å². The highest BCUT2D eigenvalue weighted by atomic mass is 32.2. The van der Waals surface area contributed by atoms with E-state index >= 15 is 0 Å². The van der Waals surface area contributed by atoms with Gasteiger partial charge in [0, 0.05) is 16.8 Å². The van der Waals surface area contributed by atoms with Gasteiger partial charge in [-0.2, -0.15) is 0 Å². The number of amides is 1. The number of nitrogens with zero attached hydrogens (tertiary/aromatic N) is 2. The lowest BCUT2D eigenvalue weighted by molar-refractivity contribution is -0.115. The van der Waals surface area contributed by atoms with E-state index in [9.17, 15) is 9.59 Å². The van der Waals surface area contributed by atoms with Crippen LogP contribution >= 0.6 is 34.9 Å². The van der Waals surface area contributed by atoms with Crippen LogP contribution in [0.3, 0.4) is 0 Å². The van der Waals surface area contributed by atoms with Crippen molar-refractivity contribution >= 4 is 56.7 Å². The molecule has 8 heteroatoms. The van der Waals surface area contributed by atoms with Gasteiger partial charge in [0.05, 0.1) is 16.3 Å². The maximum atomic E-state index is 12.7. The maximum Gasteiger partial charge on any atom is 0.262 e. The van der Waals surface area contributed by atoms with Crippen molar-refractivity contribution in [2.24, 2.45) is 7.05 Å². The Morgan fingerprint density at radius 3 is 2.70 bits per heavy atom. The topological polar surface area (TPSA) is 64.0 Å². The van der Waals surface area contributed by atoms with Crippen LogP contribution in [0.5, 0.6) is 0 Å². The monoisotopic (exact) mass is 419 g/mol. The molecule has 0 fully saturated rings. The zero-order chi connectivity index (χ0) is 19.7. The van der Waals surface area contributed by atoms with Gasteiger partial charge < -0.3 is 5.32 Å². The Balaban J connectivity index is 1.85. The number of rotatable bonds is 5. The fourth-order valence-corrected chi connectivity index (χ4v) is 5.15. The standard InChI is InChI=1S/C19H21N3O2S3/c1-10-11(2)26-17-15(10)18(24)22(4)19(21-17)27-12(3)16(23)20-13-8-6-7-9-14(13)25-5/h6-9,12H,1-5H3,(H,20,23). The third kappa shape index (κ3) is 3.93. The highest BCUT2D eigenvalue weighted by Crippen LogP contribution is 2.30. The molecule has 3 rings (SSSR count). The summed E-state index contributed by atoms with van der Waals surface area (Å²) in [6.07, 6.45) is 1.98. The lowest BCUT2D eigenvalue weighted by atomic mass is 10.2. The summed E-state index contributed by atoms with van der Waals surface area (Å²) in [4.78, 5) is 32.9. The van der Waals surface area contributed by atoms with Crippen LogP contribution in [-0.4, -0.2) is 27.0 Å². The molecule has 1 amide bonds. The minimum Gasteiger partial charge on any atom is -0.324 e. The van der Waals surface area contributed by atoms with Gasteiger partial charge in [0.25, 0.3) is 5.56 Å². The number of para-hydroxylation sites is 1. The van der Waals surface area contributed by atoms with Crippen LogP contribution < -0.4 is 10.9 Å². The van der Waals surface area contributed by atoms with Gasteiger partial charge in [0.2, 0.25) is 5.91 Å². The molecule has 2 aromatic heterocycles. The van der Waals surface area contributed by atoms with Crippen molar-refractivity contribution in [2.45, 2.75) is 36.1 Å². The molecule has 0 aliphatic heterocycles. The van der Waals surface area contributed by atoms with Crippen LogP contribution in [0.2, 0.25) is 0 Å². The van der Waals surface area contributed by atoms with Crippen molar-refractivity contribution in [3.8, 4) is 0 Å². The molecule has 1 atom stereocenters. The lowest BCUT2D eigenvalue weighted by Crippen LogP contribution is -2.25. The number of anilines is 1. The molecule has 5 nitrogen and oxygen atoms in total. The molecule has 142 valence electrons. The third-order valence-electron chi connectivity index (χ3n) is 4.39. The second kappa shape index (κ2) is 8.08. The number of hydrogen-bond acceptors (Lipinski definition) is 6. The van der Waals surface area contributed by atoms with Gasteiger partial charge in [0.1, 0.15) is 4.83 Å². The predicted octanol–water partition coefficient (Wildman–Crippen LogP) is 4.45. The Kier molecular flexibility index (Phi) is 5.98. The Hall–Kier alpha value is -1.77. The van der Waals surface area contributed by atoms with E-state index in [0.717, 1.165) is 25.9 Å². The molecule has 3 aromatic rings. The predicted molar refractivity (Wildman–Crippen MR) is 117 cm³/mol. The summed E-state index contributed by atoms with van der Waals surface area (Å²) < 4.78 is 1.53. The van der Waals surface area contributed by atoms with Crippen molar-refractivity contribution in [3.63, 3.8) is 0 Å². The zero-order valence-corrected chi connectivity index (χ0v) is 18.3. The molecule has 0 bridgehead atoms. The average Bonchev–Trinajstić information content (AvgIpc) is 2.93. The number of benzene rings is 1. The maximum absolute atomic E-state index is 12.7. The van der Waals surface area contributed by atoms with Crippen molar-refractivity contribution < 1.29 is 4.79 Å². The van der Waals surface area contributed by atoms with E-state index < -0.39 is 5.25 Å². The van der Waals surface area contributed by atoms with Crippen LogP contribution in [0.25, 0.3) is 10.2 Å². The number of fused-ring (bicyclic) bond motifs is 1.